The summed E-state index contributed by atoms with van der Waals surface area (Å²) in [5.74, 6) is 0.301. The first-order valence-corrected chi connectivity index (χ1v) is 11.0. The molecule has 0 bridgehead atoms. The molecule has 2 N–H and O–H groups in total. The SMILES string of the molecule is CCc1nn(-c2ccc(C)cc2)c2sc(C(=O)NCCCNC(=O)C3CC3)cc12. The largest absolute Gasteiger partial charge is 0.356 e. The molecular weight excluding hydrogens is 384 g/mol. The maximum absolute atomic E-state index is 12.6. The lowest BCUT2D eigenvalue weighted by Crippen LogP contribution is -2.30. The molecule has 1 aromatic carbocycles. The van der Waals surface area contributed by atoms with E-state index in [0.29, 0.717) is 18.0 Å². The molecule has 2 heterocycles. The number of aryl methyl sites for hydroxylation is 2. The van der Waals surface area contributed by atoms with Crippen molar-refractivity contribution < 1.29 is 9.59 Å². The van der Waals surface area contributed by atoms with E-state index in [1.807, 2.05) is 10.7 Å². The van der Waals surface area contributed by atoms with Crippen LogP contribution >= 0.6 is 11.3 Å². The molecule has 1 aliphatic rings. The van der Waals surface area contributed by atoms with Crippen molar-refractivity contribution in [3.05, 3.63) is 46.5 Å². The molecule has 0 unspecified atom stereocenters. The van der Waals surface area contributed by atoms with Gasteiger partial charge in [-0.15, -0.1) is 11.3 Å². The normalized spacial score (nSPS) is 13.6. The summed E-state index contributed by atoms with van der Waals surface area (Å²) >= 11 is 1.47. The highest BCUT2D eigenvalue weighted by Gasteiger charge is 2.29. The van der Waals surface area contributed by atoms with Crippen molar-refractivity contribution in [2.45, 2.75) is 39.5 Å². The van der Waals surface area contributed by atoms with E-state index in [1.54, 1.807) is 0 Å². The van der Waals surface area contributed by atoms with Crippen molar-refractivity contribution in [3.8, 4) is 5.69 Å². The van der Waals surface area contributed by atoms with Crippen LogP contribution in [0.4, 0.5) is 0 Å². The van der Waals surface area contributed by atoms with Crippen LogP contribution in [0.25, 0.3) is 15.9 Å². The number of hydrogen-bond acceptors (Lipinski definition) is 4. The van der Waals surface area contributed by atoms with Crippen molar-refractivity contribution in [1.82, 2.24) is 20.4 Å². The zero-order chi connectivity index (χ0) is 20.4. The Balaban J connectivity index is 1.42. The van der Waals surface area contributed by atoms with Gasteiger partial charge in [0.1, 0.15) is 4.83 Å². The third-order valence-corrected chi connectivity index (χ3v) is 6.27. The smallest absolute Gasteiger partial charge is 0.261 e. The van der Waals surface area contributed by atoms with Crippen LogP contribution in [0, 0.1) is 12.8 Å². The second-order valence-corrected chi connectivity index (χ2v) is 8.58. The Bertz CT molecular complexity index is 1030. The van der Waals surface area contributed by atoms with E-state index in [4.69, 9.17) is 5.10 Å². The fourth-order valence-corrected chi connectivity index (χ4v) is 4.35. The maximum Gasteiger partial charge on any atom is 0.261 e. The van der Waals surface area contributed by atoms with Crippen LogP contribution in [-0.4, -0.2) is 34.7 Å². The van der Waals surface area contributed by atoms with Gasteiger partial charge in [0, 0.05) is 24.4 Å². The van der Waals surface area contributed by atoms with Crippen LogP contribution in [0.2, 0.25) is 0 Å². The number of carbonyl (C=O) groups is 2. The van der Waals surface area contributed by atoms with Crippen LogP contribution in [-0.2, 0) is 11.2 Å². The fourth-order valence-electron chi connectivity index (χ4n) is 3.28. The average molecular weight is 411 g/mol. The minimum absolute atomic E-state index is 0.0720. The van der Waals surface area contributed by atoms with Gasteiger partial charge in [0.15, 0.2) is 0 Å². The standard InChI is InChI=1S/C22H26N4O2S/c1-3-18-17-13-19(21(28)24-12-4-11-23-20(27)15-7-8-15)29-22(17)26(25-18)16-9-5-14(2)6-10-16/h5-6,9-10,13,15H,3-4,7-8,11-12H2,1-2H3,(H,23,27)(H,24,28). The van der Waals surface area contributed by atoms with Gasteiger partial charge in [0.25, 0.3) is 5.91 Å². The predicted molar refractivity (Wildman–Crippen MR) is 116 cm³/mol. The van der Waals surface area contributed by atoms with Gasteiger partial charge in [0.05, 0.1) is 16.3 Å². The number of thiophene rings is 1. The molecule has 4 rings (SSSR count). The molecular formula is C22H26N4O2S. The van der Waals surface area contributed by atoms with Gasteiger partial charge in [-0.2, -0.15) is 5.10 Å². The Morgan fingerprint density at radius 2 is 1.90 bits per heavy atom. The number of aromatic nitrogens is 2. The van der Waals surface area contributed by atoms with E-state index in [0.717, 1.165) is 47.3 Å². The van der Waals surface area contributed by atoms with E-state index in [-0.39, 0.29) is 17.7 Å². The first-order chi connectivity index (χ1) is 14.1. The summed E-state index contributed by atoms with van der Waals surface area (Å²) in [7, 11) is 0. The van der Waals surface area contributed by atoms with Gasteiger partial charge in [-0.1, -0.05) is 24.6 Å². The van der Waals surface area contributed by atoms with Crippen molar-refractivity contribution in [1.29, 1.82) is 0 Å². The number of carbonyl (C=O) groups excluding carboxylic acids is 2. The molecule has 1 saturated carbocycles. The van der Waals surface area contributed by atoms with Crippen LogP contribution in [0.5, 0.6) is 0 Å². The lowest BCUT2D eigenvalue weighted by molar-refractivity contribution is -0.122. The van der Waals surface area contributed by atoms with Crippen LogP contribution in [0.1, 0.15) is 47.1 Å². The van der Waals surface area contributed by atoms with Crippen molar-refractivity contribution in [3.63, 3.8) is 0 Å². The van der Waals surface area contributed by atoms with E-state index >= 15 is 0 Å². The van der Waals surface area contributed by atoms with Crippen molar-refractivity contribution in [2.24, 2.45) is 5.92 Å². The van der Waals surface area contributed by atoms with Gasteiger partial charge < -0.3 is 10.6 Å². The first kappa shape index (κ1) is 19.6. The Hall–Kier alpha value is -2.67. The number of benzene rings is 1. The molecule has 2 amide bonds. The molecule has 7 heteroatoms. The third-order valence-electron chi connectivity index (χ3n) is 5.16. The molecule has 2 aromatic heterocycles. The highest BCUT2D eigenvalue weighted by molar-refractivity contribution is 7.20. The van der Waals surface area contributed by atoms with Crippen molar-refractivity contribution in [2.75, 3.05) is 13.1 Å². The Kier molecular flexibility index (Phi) is 5.67. The summed E-state index contributed by atoms with van der Waals surface area (Å²) in [4.78, 5) is 25.9. The topological polar surface area (TPSA) is 76.0 Å². The zero-order valence-electron chi connectivity index (χ0n) is 16.8. The molecule has 0 spiro atoms. The summed E-state index contributed by atoms with van der Waals surface area (Å²) in [6.07, 6.45) is 3.56. The summed E-state index contributed by atoms with van der Waals surface area (Å²) in [5.41, 5.74) is 3.20. The lowest BCUT2D eigenvalue weighted by Gasteiger charge is -2.05. The molecule has 0 atom stereocenters. The second kappa shape index (κ2) is 8.37. The number of rotatable bonds is 8. The summed E-state index contributed by atoms with van der Waals surface area (Å²) < 4.78 is 1.93. The molecule has 3 aromatic rings. The number of nitrogens with zero attached hydrogens (tertiary/aromatic N) is 2. The second-order valence-electron chi connectivity index (χ2n) is 7.55. The van der Waals surface area contributed by atoms with Crippen LogP contribution in [0.15, 0.2) is 30.3 Å². The molecule has 1 fully saturated rings. The van der Waals surface area contributed by atoms with E-state index in [1.165, 1.54) is 16.9 Å². The summed E-state index contributed by atoms with van der Waals surface area (Å²) in [5, 5.41) is 11.7. The molecule has 0 saturated heterocycles. The summed E-state index contributed by atoms with van der Waals surface area (Å²) in [6, 6.07) is 10.2. The molecule has 1 aliphatic carbocycles. The fraction of sp³-hybridized carbons (Fsp3) is 0.409. The quantitative estimate of drug-likeness (QED) is 0.557. The Morgan fingerprint density at radius 3 is 2.59 bits per heavy atom. The van der Waals surface area contributed by atoms with Gasteiger partial charge in [0.2, 0.25) is 5.91 Å². The van der Waals surface area contributed by atoms with Crippen LogP contribution < -0.4 is 10.6 Å². The van der Waals surface area contributed by atoms with E-state index in [9.17, 15) is 9.59 Å². The number of hydrogen-bond donors (Lipinski definition) is 2. The highest BCUT2D eigenvalue weighted by atomic mass is 32.1. The molecule has 29 heavy (non-hydrogen) atoms. The van der Waals surface area contributed by atoms with Gasteiger partial charge in [-0.25, -0.2) is 4.68 Å². The minimum Gasteiger partial charge on any atom is -0.356 e. The average Bonchev–Trinajstić information content (AvgIpc) is 3.39. The van der Waals surface area contributed by atoms with Crippen molar-refractivity contribution >= 4 is 33.4 Å². The third kappa shape index (κ3) is 4.34. The maximum atomic E-state index is 12.6. The van der Waals surface area contributed by atoms with Crippen LogP contribution in [0.3, 0.4) is 0 Å². The van der Waals surface area contributed by atoms with Gasteiger partial charge >= 0.3 is 0 Å². The van der Waals surface area contributed by atoms with Gasteiger partial charge in [-0.3, -0.25) is 9.59 Å². The molecule has 0 radical (unpaired) electrons. The number of nitrogens with one attached hydrogen (secondary N) is 2. The minimum atomic E-state index is -0.0720. The number of amides is 2. The molecule has 0 aliphatic heterocycles. The predicted octanol–water partition coefficient (Wildman–Crippen LogP) is 3.60. The monoisotopic (exact) mass is 410 g/mol. The first-order valence-electron chi connectivity index (χ1n) is 10.2. The number of fused-ring (bicyclic) bond motifs is 1. The molecule has 6 nitrogen and oxygen atoms in total. The summed E-state index contributed by atoms with van der Waals surface area (Å²) in [6.45, 7) is 5.28. The lowest BCUT2D eigenvalue weighted by atomic mass is 10.2. The van der Waals surface area contributed by atoms with Gasteiger partial charge in [-0.05, 0) is 50.8 Å². The Morgan fingerprint density at radius 1 is 1.17 bits per heavy atom. The Labute approximate surface area is 174 Å². The highest BCUT2D eigenvalue weighted by Crippen LogP contribution is 2.31. The zero-order valence-corrected chi connectivity index (χ0v) is 17.6. The van der Waals surface area contributed by atoms with E-state index < -0.39 is 0 Å². The van der Waals surface area contributed by atoms with E-state index in [2.05, 4.69) is 48.7 Å². The molecule has 152 valence electrons.